The van der Waals surface area contributed by atoms with Gasteiger partial charge in [-0.2, -0.15) is 0 Å². The SMILES string of the molecule is C=CCCC(=O)Nc1ncnc2c1ncn2[C@@H]1O[C@@H](COC(c2ccccc2)(c2ccc(OC)cc2)c2ccc(OC)cc2)[CH][C@H]1F. The van der Waals surface area contributed by atoms with Crippen molar-refractivity contribution in [3.8, 4) is 11.5 Å². The minimum Gasteiger partial charge on any atom is -0.497 e. The zero-order valence-electron chi connectivity index (χ0n) is 26.1. The van der Waals surface area contributed by atoms with Gasteiger partial charge >= 0.3 is 0 Å². The van der Waals surface area contributed by atoms with Gasteiger partial charge < -0.3 is 24.3 Å². The third-order valence-electron chi connectivity index (χ3n) is 8.09. The number of allylic oxidation sites excluding steroid dienone is 1. The summed E-state index contributed by atoms with van der Waals surface area (Å²) < 4.78 is 41.2. The predicted octanol–water partition coefficient (Wildman–Crippen LogP) is 6.20. The van der Waals surface area contributed by atoms with Gasteiger partial charge in [0.1, 0.15) is 23.4 Å². The fourth-order valence-corrected chi connectivity index (χ4v) is 5.75. The number of nitrogens with one attached hydrogen (secondary N) is 1. The molecule has 0 spiro atoms. The fourth-order valence-electron chi connectivity index (χ4n) is 5.75. The van der Waals surface area contributed by atoms with Crippen molar-refractivity contribution in [2.45, 2.75) is 36.9 Å². The molecule has 2 aromatic heterocycles. The summed E-state index contributed by atoms with van der Waals surface area (Å²) in [6.07, 6.45) is 3.40. The van der Waals surface area contributed by atoms with Crippen LogP contribution in [0.25, 0.3) is 11.2 Å². The second-order valence-electron chi connectivity index (χ2n) is 10.9. The molecule has 10 nitrogen and oxygen atoms in total. The van der Waals surface area contributed by atoms with E-state index in [1.807, 2.05) is 78.9 Å². The lowest BCUT2D eigenvalue weighted by molar-refractivity contribution is -0.116. The first-order valence-corrected chi connectivity index (χ1v) is 15.2. The molecule has 0 saturated carbocycles. The van der Waals surface area contributed by atoms with Crippen LogP contribution >= 0.6 is 0 Å². The monoisotopic (exact) mass is 636 g/mol. The third-order valence-corrected chi connectivity index (χ3v) is 8.09. The topological polar surface area (TPSA) is 110 Å². The van der Waals surface area contributed by atoms with Gasteiger partial charge in [-0.25, -0.2) is 19.3 Å². The first-order chi connectivity index (χ1) is 23.0. The summed E-state index contributed by atoms with van der Waals surface area (Å²) >= 11 is 0. The van der Waals surface area contributed by atoms with Crippen LogP contribution in [0, 0.1) is 6.42 Å². The highest BCUT2D eigenvalue weighted by atomic mass is 19.1. The molecular weight excluding hydrogens is 601 g/mol. The molecule has 241 valence electrons. The van der Waals surface area contributed by atoms with Crippen LogP contribution in [0.3, 0.4) is 0 Å². The maximum atomic E-state index is 15.7. The van der Waals surface area contributed by atoms with Crippen molar-refractivity contribution >= 4 is 22.9 Å². The molecule has 47 heavy (non-hydrogen) atoms. The van der Waals surface area contributed by atoms with Crippen LogP contribution in [0.15, 0.2) is 104 Å². The van der Waals surface area contributed by atoms with E-state index in [2.05, 4.69) is 26.8 Å². The lowest BCUT2D eigenvalue weighted by Crippen LogP contribution is -2.36. The summed E-state index contributed by atoms with van der Waals surface area (Å²) in [5.41, 5.74) is 2.14. The summed E-state index contributed by atoms with van der Waals surface area (Å²) in [6, 6.07) is 25.2. The largest absolute Gasteiger partial charge is 0.497 e. The Labute approximate surface area is 272 Å². The number of amides is 1. The zero-order valence-corrected chi connectivity index (χ0v) is 26.1. The summed E-state index contributed by atoms with van der Waals surface area (Å²) in [5.74, 6) is 1.42. The van der Waals surface area contributed by atoms with Crippen molar-refractivity contribution in [1.82, 2.24) is 19.5 Å². The van der Waals surface area contributed by atoms with Crippen molar-refractivity contribution < 1.29 is 28.1 Å². The zero-order chi connectivity index (χ0) is 32.8. The molecule has 0 aliphatic carbocycles. The standard InChI is InChI=1S/C36H35FN5O5/c1-4-5-11-31(43)41-33-32-34(39-22-38-33)42(23-40-32)35-30(37)20-29(47-35)21-46-36(24-9-7-6-8-10-24,25-12-16-27(44-2)17-13-25)26-14-18-28(45-3)19-15-26/h4,6-10,12-20,22-23,29-30,35H,1,5,11,21H2,2-3H3,(H,38,39,41,43)/t29-,30-,35-/m1/s1. The number of nitrogens with zero attached hydrogens (tertiary/aromatic N) is 4. The van der Waals surface area contributed by atoms with E-state index in [4.69, 9.17) is 18.9 Å². The molecule has 1 fully saturated rings. The van der Waals surface area contributed by atoms with Crippen LogP contribution in [0.5, 0.6) is 11.5 Å². The number of hydrogen-bond acceptors (Lipinski definition) is 8. The molecule has 3 aromatic carbocycles. The van der Waals surface area contributed by atoms with E-state index in [9.17, 15) is 4.79 Å². The molecule has 1 amide bonds. The number of aromatic nitrogens is 4. The molecule has 6 rings (SSSR count). The van der Waals surface area contributed by atoms with Gasteiger partial charge in [-0.15, -0.1) is 6.58 Å². The first-order valence-electron chi connectivity index (χ1n) is 15.2. The highest BCUT2D eigenvalue weighted by molar-refractivity contribution is 5.96. The Morgan fingerprint density at radius 2 is 1.60 bits per heavy atom. The number of imidazole rings is 1. The minimum atomic E-state index is -1.49. The third kappa shape index (κ3) is 6.45. The molecule has 5 aromatic rings. The summed E-state index contributed by atoms with van der Waals surface area (Å²) in [6.45, 7) is 3.67. The van der Waals surface area contributed by atoms with E-state index >= 15 is 4.39 Å². The summed E-state index contributed by atoms with van der Waals surface area (Å²) in [4.78, 5) is 25.2. The Kier molecular flexibility index (Phi) is 9.55. The maximum absolute atomic E-state index is 15.7. The van der Waals surface area contributed by atoms with Crippen LogP contribution in [-0.4, -0.2) is 58.5 Å². The molecule has 1 radical (unpaired) electrons. The number of hydrogen-bond donors (Lipinski definition) is 1. The number of ether oxygens (including phenoxy) is 4. The molecule has 1 aliphatic heterocycles. The van der Waals surface area contributed by atoms with E-state index in [1.54, 1.807) is 20.3 Å². The highest BCUT2D eigenvalue weighted by Crippen LogP contribution is 2.43. The Balaban J connectivity index is 1.30. The number of rotatable bonds is 13. The van der Waals surface area contributed by atoms with Crippen LogP contribution < -0.4 is 14.8 Å². The molecule has 3 atom stereocenters. The van der Waals surface area contributed by atoms with Gasteiger partial charge in [-0.1, -0.05) is 60.7 Å². The molecule has 3 heterocycles. The number of alkyl halides is 1. The van der Waals surface area contributed by atoms with Gasteiger partial charge in [-0.05, 0) is 47.4 Å². The van der Waals surface area contributed by atoms with Gasteiger partial charge in [0.25, 0.3) is 0 Å². The molecule has 0 unspecified atom stereocenters. The summed E-state index contributed by atoms with van der Waals surface area (Å²) in [5, 5.41) is 2.75. The van der Waals surface area contributed by atoms with E-state index in [0.717, 1.165) is 16.7 Å². The van der Waals surface area contributed by atoms with Gasteiger partial charge in [0, 0.05) is 12.8 Å². The maximum Gasteiger partial charge on any atom is 0.225 e. The number of methoxy groups -OCH3 is 2. The quantitative estimate of drug-likeness (QED) is 0.120. The highest BCUT2D eigenvalue weighted by Gasteiger charge is 2.42. The molecule has 11 heteroatoms. The lowest BCUT2D eigenvalue weighted by atomic mass is 9.80. The van der Waals surface area contributed by atoms with Gasteiger partial charge in [0.05, 0.1) is 33.3 Å². The Morgan fingerprint density at radius 3 is 2.21 bits per heavy atom. The number of anilines is 1. The van der Waals surface area contributed by atoms with Crippen molar-refractivity contribution in [2.75, 3.05) is 26.1 Å². The van der Waals surface area contributed by atoms with Crippen LogP contribution in [-0.2, 0) is 19.9 Å². The van der Waals surface area contributed by atoms with Crippen molar-refractivity contribution in [3.05, 3.63) is 127 Å². The number of benzene rings is 3. The number of carbonyl (C=O) groups excluding carboxylic acids is 1. The van der Waals surface area contributed by atoms with Crippen molar-refractivity contribution in [2.24, 2.45) is 0 Å². The van der Waals surface area contributed by atoms with Crippen molar-refractivity contribution in [3.63, 3.8) is 0 Å². The van der Waals surface area contributed by atoms with E-state index in [1.165, 1.54) is 23.6 Å². The lowest BCUT2D eigenvalue weighted by Gasteiger charge is -2.36. The Hall–Kier alpha value is -5.13. The number of fused-ring (bicyclic) bond motifs is 1. The fraction of sp³-hybridized carbons (Fsp3) is 0.250. The van der Waals surface area contributed by atoms with Gasteiger partial charge in [-0.3, -0.25) is 9.36 Å². The second-order valence-corrected chi connectivity index (χ2v) is 10.9. The first kappa shape index (κ1) is 31.8. The molecule has 1 aliphatic rings. The summed E-state index contributed by atoms with van der Waals surface area (Å²) in [7, 11) is 3.24. The minimum absolute atomic E-state index is 0.0239. The molecule has 1 N–H and O–H groups in total. The van der Waals surface area contributed by atoms with Gasteiger partial charge in [0.15, 0.2) is 29.4 Å². The average molecular weight is 637 g/mol. The van der Waals surface area contributed by atoms with E-state index in [-0.39, 0.29) is 24.8 Å². The smallest absolute Gasteiger partial charge is 0.225 e. The average Bonchev–Trinajstić information content (AvgIpc) is 3.72. The van der Waals surface area contributed by atoms with Crippen molar-refractivity contribution in [1.29, 1.82) is 0 Å². The Morgan fingerprint density at radius 1 is 0.957 bits per heavy atom. The normalized spacial score (nSPS) is 17.8. The van der Waals surface area contributed by atoms with Crippen LogP contribution in [0.1, 0.15) is 35.8 Å². The molecule has 1 saturated heterocycles. The van der Waals surface area contributed by atoms with Crippen LogP contribution in [0.2, 0.25) is 0 Å². The molecule has 0 bridgehead atoms. The van der Waals surface area contributed by atoms with E-state index in [0.29, 0.717) is 29.1 Å². The second kappa shape index (κ2) is 14.1. The van der Waals surface area contributed by atoms with E-state index < -0.39 is 24.1 Å². The Bertz CT molecular complexity index is 1770. The molecular formula is C36H35FN5O5. The predicted molar refractivity (Wildman–Crippen MR) is 175 cm³/mol. The van der Waals surface area contributed by atoms with Gasteiger partial charge in [0.2, 0.25) is 5.91 Å². The number of carbonyl (C=O) groups is 1. The van der Waals surface area contributed by atoms with Crippen LogP contribution in [0.4, 0.5) is 10.2 Å². The number of halogens is 1.